The van der Waals surface area contributed by atoms with Gasteiger partial charge in [-0.25, -0.2) is 0 Å². The lowest BCUT2D eigenvalue weighted by atomic mass is 9.74. The van der Waals surface area contributed by atoms with Crippen molar-refractivity contribution in [1.82, 2.24) is 5.32 Å². The van der Waals surface area contributed by atoms with E-state index in [9.17, 15) is 0 Å². The van der Waals surface area contributed by atoms with E-state index in [1.165, 1.54) is 29.5 Å². The Morgan fingerprint density at radius 2 is 1.52 bits per heavy atom. The molecule has 0 bridgehead atoms. The Labute approximate surface area is 128 Å². The van der Waals surface area contributed by atoms with Crippen molar-refractivity contribution >= 4 is 0 Å². The zero-order valence-electron chi connectivity index (χ0n) is 13.3. The van der Waals surface area contributed by atoms with E-state index in [2.05, 4.69) is 74.6 Å². The van der Waals surface area contributed by atoms with Crippen molar-refractivity contribution in [2.75, 3.05) is 0 Å². The van der Waals surface area contributed by atoms with Gasteiger partial charge in [0.15, 0.2) is 0 Å². The number of nitrogens with one attached hydrogen (secondary N) is 1. The molecule has 2 aromatic rings. The minimum absolute atomic E-state index is 0.439. The molecule has 2 aromatic carbocycles. The Hall–Kier alpha value is -1.60. The van der Waals surface area contributed by atoms with Gasteiger partial charge >= 0.3 is 0 Å². The fourth-order valence-corrected chi connectivity index (χ4v) is 3.57. The number of rotatable bonds is 4. The van der Waals surface area contributed by atoms with Gasteiger partial charge in [-0.2, -0.15) is 0 Å². The van der Waals surface area contributed by atoms with Crippen LogP contribution in [0.3, 0.4) is 0 Å². The molecule has 0 spiro atoms. The highest BCUT2D eigenvalue weighted by Crippen LogP contribution is 2.39. The van der Waals surface area contributed by atoms with Crippen LogP contribution in [-0.2, 0) is 0 Å². The molecule has 0 aromatic heterocycles. The van der Waals surface area contributed by atoms with Gasteiger partial charge < -0.3 is 5.32 Å². The van der Waals surface area contributed by atoms with Crippen molar-refractivity contribution in [3.63, 3.8) is 0 Å². The van der Waals surface area contributed by atoms with E-state index in [0.717, 1.165) is 5.92 Å². The third kappa shape index (κ3) is 3.03. The van der Waals surface area contributed by atoms with E-state index in [4.69, 9.17) is 0 Å². The first kappa shape index (κ1) is 14.3. The van der Waals surface area contributed by atoms with Crippen LogP contribution in [0.15, 0.2) is 48.5 Å². The molecule has 1 fully saturated rings. The molecule has 110 valence electrons. The molecular formula is C20H25N. The normalized spacial score (nSPS) is 22.6. The summed E-state index contributed by atoms with van der Waals surface area (Å²) >= 11 is 0. The highest BCUT2D eigenvalue weighted by Gasteiger charge is 2.31. The van der Waals surface area contributed by atoms with Gasteiger partial charge in [-0.3, -0.25) is 0 Å². The average molecular weight is 279 g/mol. The second kappa shape index (κ2) is 6.03. The van der Waals surface area contributed by atoms with Gasteiger partial charge in [0.2, 0.25) is 0 Å². The van der Waals surface area contributed by atoms with Crippen LogP contribution in [0, 0.1) is 13.8 Å². The average Bonchev–Trinajstić information content (AvgIpc) is 2.44. The van der Waals surface area contributed by atoms with Crippen LogP contribution in [0.25, 0.3) is 0 Å². The standard InChI is InChI=1S/C20H25N/c1-14-8-4-6-10-19(14)16(3)21-18-12-17(13-18)20-11-7-5-9-15(20)2/h4-11,16-18,21H,12-13H2,1-3H3. The third-order valence-corrected chi connectivity index (χ3v) is 4.91. The summed E-state index contributed by atoms with van der Waals surface area (Å²) in [6, 6.07) is 18.6. The lowest BCUT2D eigenvalue weighted by Crippen LogP contribution is -2.41. The van der Waals surface area contributed by atoms with Crippen molar-refractivity contribution in [3.05, 3.63) is 70.8 Å². The topological polar surface area (TPSA) is 12.0 Å². The van der Waals surface area contributed by atoms with E-state index in [-0.39, 0.29) is 0 Å². The largest absolute Gasteiger partial charge is 0.307 e. The molecule has 1 heteroatoms. The number of hydrogen-bond donors (Lipinski definition) is 1. The van der Waals surface area contributed by atoms with Gasteiger partial charge in [0.1, 0.15) is 0 Å². The molecule has 1 atom stereocenters. The number of hydrogen-bond acceptors (Lipinski definition) is 1. The second-order valence-corrected chi connectivity index (χ2v) is 6.47. The second-order valence-electron chi connectivity index (χ2n) is 6.47. The molecule has 21 heavy (non-hydrogen) atoms. The van der Waals surface area contributed by atoms with Crippen LogP contribution < -0.4 is 5.32 Å². The minimum Gasteiger partial charge on any atom is -0.307 e. The molecule has 1 nitrogen and oxygen atoms in total. The maximum atomic E-state index is 3.79. The van der Waals surface area contributed by atoms with Crippen molar-refractivity contribution in [1.29, 1.82) is 0 Å². The molecule has 0 saturated heterocycles. The number of aryl methyl sites for hydroxylation is 2. The summed E-state index contributed by atoms with van der Waals surface area (Å²) in [7, 11) is 0. The smallest absolute Gasteiger partial charge is 0.0296 e. The van der Waals surface area contributed by atoms with Crippen LogP contribution in [0.1, 0.15) is 54.0 Å². The lowest BCUT2D eigenvalue weighted by Gasteiger charge is -2.39. The maximum absolute atomic E-state index is 3.79. The van der Waals surface area contributed by atoms with E-state index < -0.39 is 0 Å². The molecule has 0 heterocycles. The highest BCUT2D eigenvalue weighted by atomic mass is 15.0. The van der Waals surface area contributed by atoms with Crippen molar-refractivity contribution in [2.45, 2.75) is 51.6 Å². The predicted octanol–water partition coefficient (Wildman–Crippen LogP) is 4.90. The summed E-state index contributed by atoms with van der Waals surface area (Å²) in [5.41, 5.74) is 5.79. The quantitative estimate of drug-likeness (QED) is 0.839. The predicted molar refractivity (Wildman–Crippen MR) is 89.7 cm³/mol. The summed E-state index contributed by atoms with van der Waals surface area (Å²) in [5.74, 6) is 0.743. The van der Waals surface area contributed by atoms with Crippen molar-refractivity contribution < 1.29 is 0 Å². The molecule has 1 N–H and O–H groups in total. The summed E-state index contributed by atoms with van der Waals surface area (Å²) in [6.45, 7) is 6.71. The van der Waals surface area contributed by atoms with Crippen LogP contribution in [0.5, 0.6) is 0 Å². The van der Waals surface area contributed by atoms with Crippen molar-refractivity contribution in [3.8, 4) is 0 Å². The molecule has 0 radical (unpaired) electrons. The van der Waals surface area contributed by atoms with E-state index in [1.54, 1.807) is 5.56 Å². The zero-order chi connectivity index (χ0) is 14.8. The Kier molecular flexibility index (Phi) is 4.12. The minimum atomic E-state index is 0.439. The molecule has 1 unspecified atom stereocenters. The maximum Gasteiger partial charge on any atom is 0.0296 e. The SMILES string of the molecule is Cc1ccccc1C1CC(NC(C)c2ccccc2C)C1. The third-order valence-electron chi connectivity index (χ3n) is 4.91. The fraction of sp³-hybridized carbons (Fsp3) is 0.400. The molecule has 0 amide bonds. The van der Waals surface area contributed by atoms with E-state index >= 15 is 0 Å². The van der Waals surface area contributed by atoms with Gasteiger partial charge in [0.25, 0.3) is 0 Å². The molecular weight excluding hydrogens is 254 g/mol. The van der Waals surface area contributed by atoms with Crippen LogP contribution >= 0.6 is 0 Å². The zero-order valence-corrected chi connectivity index (χ0v) is 13.3. The summed E-state index contributed by atoms with van der Waals surface area (Å²) < 4.78 is 0. The van der Waals surface area contributed by atoms with E-state index in [1.807, 2.05) is 0 Å². The Morgan fingerprint density at radius 1 is 0.905 bits per heavy atom. The van der Waals surface area contributed by atoms with Crippen molar-refractivity contribution in [2.24, 2.45) is 0 Å². The van der Waals surface area contributed by atoms with E-state index in [0.29, 0.717) is 12.1 Å². The van der Waals surface area contributed by atoms with Gasteiger partial charge in [0, 0.05) is 12.1 Å². The molecule has 1 saturated carbocycles. The lowest BCUT2D eigenvalue weighted by molar-refractivity contribution is 0.270. The summed E-state index contributed by atoms with van der Waals surface area (Å²) in [5, 5.41) is 3.79. The first-order valence-corrected chi connectivity index (χ1v) is 8.02. The van der Waals surface area contributed by atoms with Gasteiger partial charge in [0.05, 0.1) is 0 Å². The Morgan fingerprint density at radius 3 is 2.19 bits per heavy atom. The van der Waals surface area contributed by atoms with Gasteiger partial charge in [-0.05, 0) is 61.8 Å². The molecule has 1 aliphatic carbocycles. The van der Waals surface area contributed by atoms with Crippen LogP contribution in [-0.4, -0.2) is 6.04 Å². The number of benzene rings is 2. The Bertz CT molecular complexity index is 611. The Balaban J connectivity index is 1.58. The first-order valence-electron chi connectivity index (χ1n) is 8.02. The molecule has 3 rings (SSSR count). The fourth-order valence-electron chi connectivity index (χ4n) is 3.57. The van der Waals surface area contributed by atoms with Crippen LogP contribution in [0.4, 0.5) is 0 Å². The molecule has 1 aliphatic rings. The summed E-state index contributed by atoms with van der Waals surface area (Å²) in [6.07, 6.45) is 2.53. The first-order chi connectivity index (χ1) is 10.1. The summed E-state index contributed by atoms with van der Waals surface area (Å²) in [4.78, 5) is 0. The molecule has 0 aliphatic heterocycles. The van der Waals surface area contributed by atoms with Crippen LogP contribution in [0.2, 0.25) is 0 Å². The van der Waals surface area contributed by atoms with Gasteiger partial charge in [-0.15, -0.1) is 0 Å². The van der Waals surface area contributed by atoms with Gasteiger partial charge in [-0.1, -0.05) is 48.5 Å². The highest BCUT2D eigenvalue weighted by molar-refractivity contribution is 5.32. The monoisotopic (exact) mass is 279 g/mol.